The van der Waals surface area contributed by atoms with Gasteiger partial charge >= 0.3 is 0 Å². The van der Waals surface area contributed by atoms with Gasteiger partial charge in [0.1, 0.15) is 5.82 Å². The lowest BCUT2D eigenvalue weighted by molar-refractivity contribution is 0.205. The van der Waals surface area contributed by atoms with Crippen LogP contribution in [0, 0.1) is 0 Å². The highest BCUT2D eigenvalue weighted by Gasteiger charge is 2.06. The first-order valence-corrected chi connectivity index (χ1v) is 6.60. The topological polar surface area (TPSA) is 25.4 Å². The van der Waals surface area contributed by atoms with Gasteiger partial charge in [-0.15, -0.1) is 0 Å². The Morgan fingerprint density at radius 3 is 2.73 bits per heavy atom. The minimum atomic E-state index is 0.713. The number of anilines is 1. The van der Waals surface area contributed by atoms with Crippen molar-refractivity contribution in [1.29, 1.82) is 0 Å². The summed E-state index contributed by atoms with van der Waals surface area (Å²) in [5.74, 6) is 0.981. The quantitative estimate of drug-likeness (QED) is 0.746. The number of hydrogen-bond acceptors (Lipinski definition) is 3. The molecule has 0 bridgehead atoms. The van der Waals surface area contributed by atoms with E-state index in [1.807, 2.05) is 18.3 Å². The first-order chi connectivity index (χ1) is 7.27. The van der Waals surface area contributed by atoms with E-state index in [0.29, 0.717) is 6.61 Å². The van der Waals surface area contributed by atoms with Crippen molar-refractivity contribution >= 4 is 37.7 Å². The first kappa shape index (κ1) is 12.9. The Morgan fingerprint density at radius 1 is 1.40 bits per heavy atom. The molecule has 0 amide bonds. The second-order valence-corrected chi connectivity index (χ2v) is 4.71. The molecule has 0 aliphatic heterocycles. The summed E-state index contributed by atoms with van der Waals surface area (Å²) in [6, 6.07) is 4.00. The Labute approximate surface area is 107 Å². The van der Waals surface area contributed by atoms with E-state index in [1.165, 1.54) is 0 Å². The average Bonchev–Trinajstić information content (AvgIpc) is 2.25. The smallest absolute Gasteiger partial charge is 0.128 e. The van der Waals surface area contributed by atoms with Gasteiger partial charge in [-0.3, -0.25) is 0 Å². The van der Waals surface area contributed by atoms with Crippen molar-refractivity contribution in [2.75, 3.05) is 37.0 Å². The predicted octanol–water partition coefficient (Wildman–Crippen LogP) is 2.69. The van der Waals surface area contributed by atoms with Crippen molar-refractivity contribution in [3.05, 3.63) is 22.8 Å². The van der Waals surface area contributed by atoms with Gasteiger partial charge in [-0.1, -0.05) is 15.9 Å². The lowest BCUT2D eigenvalue weighted by Gasteiger charge is -2.22. The van der Waals surface area contributed by atoms with E-state index < -0.39 is 0 Å². The second-order valence-electron chi connectivity index (χ2n) is 3.00. The molecule has 0 radical (unpaired) electrons. The Hall–Kier alpha value is -0.130. The maximum atomic E-state index is 5.07. The molecule has 1 heterocycles. The summed E-state index contributed by atoms with van der Waals surface area (Å²) in [6.45, 7) is 2.50. The zero-order valence-corrected chi connectivity index (χ0v) is 11.8. The summed E-state index contributed by atoms with van der Waals surface area (Å²) in [4.78, 5) is 6.54. The molecule has 1 aromatic rings. The minimum Gasteiger partial charge on any atom is -0.383 e. The van der Waals surface area contributed by atoms with E-state index >= 15 is 0 Å². The van der Waals surface area contributed by atoms with Gasteiger partial charge in [0.05, 0.1) is 6.61 Å². The summed E-state index contributed by atoms with van der Waals surface area (Å²) < 4.78 is 6.07. The molecule has 84 valence electrons. The molecule has 0 fully saturated rings. The molecule has 0 unspecified atom stereocenters. The first-order valence-electron chi connectivity index (χ1n) is 4.69. The third-order valence-electron chi connectivity index (χ3n) is 1.96. The Balaban J connectivity index is 2.65. The number of alkyl halides is 1. The molecule has 0 N–H and O–H groups in total. The molecule has 0 saturated carbocycles. The zero-order valence-electron chi connectivity index (χ0n) is 8.62. The molecular formula is C10H14Br2N2O. The van der Waals surface area contributed by atoms with Gasteiger partial charge in [-0.05, 0) is 28.1 Å². The molecule has 0 aliphatic rings. The van der Waals surface area contributed by atoms with E-state index in [1.54, 1.807) is 7.11 Å². The van der Waals surface area contributed by atoms with E-state index in [2.05, 4.69) is 41.7 Å². The third-order valence-corrected chi connectivity index (χ3v) is 2.78. The van der Waals surface area contributed by atoms with Gasteiger partial charge in [-0.2, -0.15) is 0 Å². The van der Waals surface area contributed by atoms with Gasteiger partial charge < -0.3 is 9.64 Å². The largest absolute Gasteiger partial charge is 0.383 e. The van der Waals surface area contributed by atoms with Crippen LogP contribution in [0.3, 0.4) is 0 Å². The van der Waals surface area contributed by atoms with E-state index in [0.717, 1.165) is 28.7 Å². The van der Waals surface area contributed by atoms with Crippen molar-refractivity contribution in [2.24, 2.45) is 0 Å². The minimum absolute atomic E-state index is 0.713. The molecule has 1 aromatic heterocycles. The van der Waals surface area contributed by atoms with Crippen molar-refractivity contribution in [1.82, 2.24) is 4.98 Å². The molecule has 0 spiro atoms. The lowest BCUT2D eigenvalue weighted by atomic mass is 10.4. The second kappa shape index (κ2) is 7.19. The van der Waals surface area contributed by atoms with Gasteiger partial charge in [-0.25, -0.2) is 4.98 Å². The van der Waals surface area contributed by atoms with Crippen LogP contribution < -0.4 is 4.90 Å². The molecule has 15 heavy (non-hydrogen) atoms. The summed E-state index contributed by atoms with van der Waals surface area (Å²) in [6.07, 6.45) is 1.81. The molecule has 0 aromatic carbocycles. The highest BCUT2D eigenvalue weighted by molar-refractivity contribution is 9.10. The molecule has 0 atom stereocenters. The molecule has 0 saturated heterocycles. The van der Waals surface area contributed by atoms with Crippen LogP contribution in [0.5, 0.6) is 0 Å². The van der Waals surface area contributed by atoms with Gasteiger partial charge in [0.15, 0.2) is 0 Å². The zero-order chi connectivity index (χ0) is 11.1. The summed E-state index contributed by atoms with van der Waals surface area (Å²) in [5.41, 5.74) is 0. The number of hydrogen-bond donors (Lipinski definition) is 0. The standard InChI is InChI=1S/C10H14Br2N2O/c1-15-7-6-14(5-4-11)10-3-2-9(12)8-13-10/h2-3,8H,4-7H2,1H3. The van der Waals surface area contributed by atoms with Crippen LogP contribution in [-0.2, 0) is 4.74 Å². The number of rotatable bonds is 6. The summed E-state index contributed by atoms with van der Waals surface area (Å²) in [7, 11) is 1.71. The van der Waals surface area contributed by atoms with Crippen LogP contribution >= 0.6 is 31.9 Å². The summed E-state index contributed by atoms with van der Waals surface area (Å²) >= 11 is 6.81. The van der Waals surface area contributed by atoms with E-state index in [-0.39, 0.29) is 0 Å². The fourth-order valence-electron chi connectivity index (χ4n) is 1.20. The predicted molar refractivity (Wildman–Crippen MR) is 69.8 cm³/mol. The maximum Gasteiger partial charge on any atom is 0.128 e. The fraction of sp³-hybridized carbons (Fsp3) is 0.500. The highest BCUT2D eigenvalue weighted by atomic mass is 79.9. The normalized spacial score (nSPS) is 10.3. The number of ether oxygens (including phenoxy) is 1. The Kier molecular flexibility index (Phi) is 6.20. The van der Waals surface area contributed by atoms with E-state index in [4.69, 9.17) is 4.74 Å². The van der Waals surface area contributed by atoms with Gasteiger partial charge in [0.2, 0.25) is 0 Å². The SMILES string of the molecule is COCCN(CCBr)c1ccc(Br)cn1. The van der Waals surface area contributed by atoms with Crippen LogP contribution in [0.15, 0.2) is 22.8 Å². The molecular weight excluding hydrogens is 324 g/mol. The maximum absolute atomic E-state index is 5.07. The number of methoxy groups -OCH3 is 1. The van der Waals surface area contributed by atoms with Crippen molar-refractivity contribution in [3.63, 3.8) is 0 Å². The number of nitrogens with zero attached hydrogens (tertiary/aromatic N) is 2. The number of halogens is 2. The Morgan fingerprint density at radius 2 is 2.20 bits per heavy atom. The third kappa shape index (κ3) is 4.49. The van der Waals surface area contributed by atoms with Crippen LogP contribution in [-0.4, -0.2) is 37.1 Å². The molecule has 0 aliphatic carbocycles. The van der Waals surface area contributed by atoms with Crippen LogP contribution in [0.4, 0.5) is 5.82 Å². The van der Waals surface area contributed by atoms with Crippen LogP contribution in [0.2, 0.25) is 0 Å². The number of pyridine rings is 1. The van der Waals surface area contributed by atoms with E-state index in [9.17, 15) is 0 Å². The highest BCUT2D eigenvalue weighted by Crippen LogP contribution is 2.14. The summed E-state index contributed by atoms with van der Waals surface area (Å²) in [5, 5.41) is 0.925. The Bertz CT molecular complexity index is 279. The van der Waals surface area contributed by atoms with Gasteiger partial charge in [0.25, 0.3) is 0 Å². The van der Waals surface area contributed by atoms with Crippen molar-refractivity contribution < 1.29 is 4.74 Å². The molecule has 5 heteroatoms. The average molecular weight is 338 g/mol. The monoisotopic (exact) mass is 336 g/mol. The molecule has 3 nitrogen and oxygen atoms in total. The van der Waals surface area contributed by atoms with Crippen molar-refractivity contribution in [3.8, 4) is 0 Å². The lowest BCUT2D eigenvalue weighted by Crippen LogP contribution is -2.29. The molecule has 1 rings (SSSR count). The van der Waals surface area contributed by atoms with Crippen molar-refractivity contribution in [2.45, 2.75) is 0 Å². The number of aromatic nitrogens is 1. The van der Waals surface area contributed by atoms with Gasteiger partial charge in [0, 0.05) is 36.2 Å². The fourth-order valence-corrected chi connectivity index (χ4v) is 1.86. The van der Waals surface area contributed by atoms with Crippen LogP contribution in [0.1, 0.15) is 0 Å². The van der Waals surface area contributed by atoms with Crippen LogP contribution in [0.25, 0.3) is 0 Å².